The van der Waals surface area contributed by atoms with Gasteiger partial charge in [-0.05, 0) is 42.5 Å². The molecule has 1 aliphatic carbocycles. The Labute approximate surface area is 166 Å². The number of halogens is 1. The van der Waals surface area contributed by atoms with Crippen molar-refractivity contribution < 1.29 is 14.0 Å². The first-order valence-corrected chi connectivity index (χ1v) is 9.90. The molecule has 0 unspecified atom stereocenters. The van der Waals surface area contributed by atoms with Crippen LogP contribution < -0.4 is 5.32 Å². The second-order valence-electron chi connectivity index (χ2n) is 8.24. The highest BCUT2D eigenvalue weighted by molar-refractivity contribution is 6.21. The summed E-state index contributed by atoms with van der Waals surface area (Å²) in [5.74, 6) is -0.143. The maximum Gasteiger partial charge on any atom is 0.261 e. The number of imidazole rings is 1. The van der Waals surface area contributed by atoms with Crippen molar-refractivity contribution in [2.24, 2.45) is 0 Å². The van der Waals surface area contributed by atoms with Gasteiger partial charge in [-0.2, -0.15) is 0 Å². The van der Waals surface area contributed by atoms with E-state index in [9.17, 15) is 9.59 Å². The molecule has 0 atom stereocenters. The summed E-state index contributed by atoms with van der Waals surface area (Å²) in [6, 6.07) is 8.77. The van der Waals surface area contributed by atoms with Gasteiger partial charge in [-0.15, -0.1) is 0 Å². The highest BCUT2D eigenvalue weighted by atomic mass is 19.1. The lowest BCUT2D eigenvalue weighted by atomic mass is 9.89. The number of amides is 2. The molecule has 6 rings (SSSR count). The van der Waals surface area contributed by atoms with Crippen LogP contribution in [0.4, 0.5) is 4.39 Å². The third-order valence-electron chi connectivity index (χ3n) is 6.16. The maximum atomic E-state index is 15.3. The Morgan fingerprint density at radius 2 is 1.79 bits per heavy atom. The summed E-state index contributed by atoms with van der Waals surface area (Å²) in [7, 11) is 0. The largest absolute Gasteiger partial charge is 0.310 e. The fraction of sp³-hybridized carbons (Fsp3) is 0.318. The van der Waals surface area contributed by atoms with Crippen LogP contribution in [0, 0.1) is 0 Å². The van der Waals surface area contributed by atoms with Crippen molar-refractivity contribution in [2.75, 3.05) is 13.1 Å². The number of fused-ring (bicyclic) bond motifs is 2. The summed E-state index contributed by atoms with van der Waals surface area (Å²) < 4.78 is 17.2. The monoisotopic (exact) mass is 390 g/mol. The fourth-order valence-electron chi connectivity index (χ4n) is 4.30. The Kier molecular flexibility index (Phi) is 3.33. The molecule has 6 nitrogen and oxygen atoms in total. The molecule has 4 heterocycles. The molecule has 7 heteroatoms. The lowest BCUT2D eigenvalue weighted by Crippen LogP contribution is -2.53. The number of nitrogens with one attached hydrogen (secondary N) is 1. The first-order chi connectivity index (χ1) is 14.0. The molecule has 2 aliphatic heterocycles. The molecular formula is C22H19FN4O2. The van der Waals surface area contributed by atoms with Crippen molar-refractivity contribution in [3.8, 4) is 0 Å². The van der Waals surface area contributed by atoms with Crippen molar-refractivity contribution in [2.45, 2.75) is 31.0 Å². The van der Waals surface area contributed by atoms with Gasteiger partial charge in [0.15, 0.2) is 5.67 Å². The molecule has 0 bridgehead atoms. The van der Waals surface area contributed by atoms with E-state index in [1.54, 1.807) is 24.3 Å². The molecule has 3 aliphatic rings. The number of alkyl halides is 1. The minimum absolute atomic E-state index is 0.0732. The summed E-state index contributed by atoms with van der Waals surface area (Å²) in [5, 5.41) is 3.01. The number of imide groups is 1. The normalized spacial score (nSPS) is 20.2. The van der Waals surface area contributed by atoms with Crippen molar-refractivity contribution in [1.29, 1.82) is 0 Å². The molecule has 0 spiro atoms. The van der Waals surface area contributed by atoms with Crippen LogP contribution in [-0.4, -0.2) is 39.2 Å². The predicted octanol–water partition coefficient (Wildman–Crippen LogP) is 2.78. The number of aromatic nitrogens is 2. The zero-order valence-electron chi connectivity index (χ0n) is 15.7. The van der Waals surface area contributed by atoms with E-state index in [2.05, 4.69) is 10.3 Å². The number of carbonyl (C=O) groups is 2. The SMILES string of the molecule is O=C1c2ccccc2C(=O)N1Cc1cn2cc(C3CC3)cc(C3(F)CNC3)c2n1. The number of carbonyl (C=O) groups excluding carboxylic acids is 2. The highest BCUT2D eigenvalue weighted by Crippen LogP contribution is 2.43. The van der Waals surface area contributed by atoms with E-state index in [0.717, 1.165) is 18.4 Å². The predicted molar refractivity (Wildman–Crippen MR) is 103 cm³/mol. The van der Waals surface area contributed by atoms with Crippen LogP contribution in [0.15, 0.2) is 42.7 Å². The quantitative estimate of drug-likeness (QED) is 0.696. The van der Waals surface area contributed by atoms with Gasteiger partial charge in [-0.25, -0.2) is 9.37 Å². The van der Waals surface area contributed by atoms with E-state index in [1.165, 1.54) is 4.90 Å². The molecule has 0 radical (unpaired) electrons. The van der Waals surface area contributed by atoms with Crippen LogP contribution in [0.3, 0.4) is 0 Å². The topological polar surface area (TPSA) is 66.7 Å². The summed E-state index contributed by atoms with van der Waals surface area (Å²) in [6.45, 7) is 0.624. The van der Waals surface area contributed by atoms with E-state index in [1.807, 2.05) is 22.9 Å². The van der Waals surface area contributed by atoms with Gasteiger partial charge >= 0.3 is 0 Å². The van der Waals surface area contributed by atoms with E-state index >= 15 is 4.39 Å². The average Bonchev–Trinajstić information content (AvgIpc) is 3.43. The molecule has 2 fully saturated rings. The Morgan fingerprint density at radius 1 is 1.10 bits per heavy atom. The number of hydrogen-bond acceptors (Lipinski definition) is 4. The highest BCUT2D eigenvalue weighted by Gasteiger charge is 2.42. The molecule has 146 valence electrons. The third kappa shape index (κ3) is 2.47. The van der Waals surface area contributed by atoms with Gasteiger partial charge in [0, 0.05) is 31.0 Å². The van der Waals surface area contributed by atoms with Crippen molar-refractivity contribution in [3.05, 3.63) is 70.7 Å². The fourth-order valence-corrected chi connectivity index (χ4v) is 4.30. The lowest BCUT2D eigenvalue weighted by Gasteiger charge is -2.35. The molecule has 1 saturated heterocycles. The van der Waals surface area contributed by atoms with Crippen LogP contribution in [-0.2, 0) is 12.2 Å². The van der Waals surface area contributed by atoms with Gasteiger partial charge in [-0.1, -0.05) is 12.1 Å². The second kappa shape index (κ2) is 5.73. The minimum Gasteiger partial charge on any atom is -0.310 e. The average molecular weight is 390 g/mol. The van der Waals surface area contributed by atoms with E-state index in [-0.39, 0.29) is 31.4 Å². The van der Waals surface area contributed by atoms with E-state index in [4.69, 9.17) is 0 Å². The van der Waals surface area contributed by atoms with Crippen LogP contribution in [0.25, 0.3) is 5.65 Å². The molecule has 2 amide bonds. The van der Waals surface area contributed by atoms with Gasteiger partial charge in [0.1, 0.15) is 5.65 Å². The van der Waals surface area contributed by atoms with Gasteiger partial charge in [-0.3, -0.25) is 14.5 Å². The number of rotatable bonds is 4. The minimum atomic E-state index is -1.43. The van der Waals surface area contributed by atoms with Crippen molar-refractivity contribution in [1.82, 2.24) is 19.6 Å². The molecule has 29 heavy (non-hydrogen) atoms. The van der Waals surface area contributed by atoms with Crippen molar-refractivity contribution >= 4 is 17.5 Å². The summed E-state index contributed by atoms with van der Waals surface area (Å²) >= 11 is 0. The first kappa shape index (κ1) is 16.9. The van der Waals surface area contributed by atoms with Crippen LogP contribution in [0.5, 0.6) is 0 Å². The van der Waals surface area contributed by atoms with Gasteiger partial charge in [0.05, 0.1) is 23.4 Å². The summed E-state index contributed by atoms with van der Waals surface area (Å²) in [4.78, 5) is 31.2. The molecule has 1 N–H and O–H groups in total. The molecule has 1 aromatic carbocycles. The summed E-state index contributed by atoms with van der Waals surface area (Å²) in [6.07, 6.45) is 6.06. The first-order valence-electron chi connectivity index (χ1n) is 9.90. The van der Waals surface area contributed by atoms with E-state index < -0.39 is 5.67 Å². The standard InChI is InChI=1S/C22H19FN4O2/c23-22(11-24-12-22)18-7-14(13-5-6-13)8-26-9-15(25-19(18)26)10-27-20(28)16-3-1-2-4-17(16)21(27)29/h1-4,7-9,13,24H,5-6,10-12H2. The Bertz CT molecular complexity index is 1160. The van der Waals surface area contributed by atoms with Gasteiger partial charge < -0.3 is 9.72 Å². The number of pyridine rings is 1. The number of benzene rings is 1. The Morgan fingerprint density at radius 3 is 2.38 bits per heavy atom. The zero-order chi connectivity index (χ0) is 19.8. The van der Waals surface area contributed by atoms with Crippen molar-refractivity contribution in [3.63, 3.8) is 0 Å². The third-order valence-corrected chi connectivity index (χ3v) is 6.16. The lowest BCUT2D eigenvalue weighted by molar-refractivity contribution is 0.0640. The smallest absolute Gasteiger partial charge is 0.261 e. The van der Waals surface area contributed by atoms with Crippen LogP contribution in [0.1, 0.15) is 56.3 Å². The van der Waals surface area contributed by atoms with Gasteiger partial charge in [0.25, 0.3) is 11.8 Å². The number of hydrogen-bond donors (Lipinski definition) is 1. The van der Waals surface area contributed by atoms with Crippen LogP contribution in [0.2, 0.25) is 0 Å². The zero-order valence-corrected chi connectivity index (χ0v) is 15.7. The van der Waals surface area contributed by atoms with Gasteiger partial charge in [0.2, 0.25) is 0 Å². The number of nitrogens with zero attached hydrogens (tertiary/aromatic N) is 3. The maximum absolute atomic E-state index is 15.3. The summed E-state index contributed by atoms with van der Waals surface area (Å²) in [5.41, 5.74) is 2.26. The Balaban J connectivity index is 1.40. The van der Waals surface area contributed by atoms with E-state index in [0.29, 0.717) is 33.9 Å². The molecule has 2 aromatic heterocycles. The second-order valence-corrected chi connectivity index (χ2v) is 8.24. The molecule has 1 saturated carbocycles. The van der Waals surface area contributed by atoms with Crippen LogP contribution >= 0.6 is 0 Å². The Hall–Kier alpha value is -3.06. The molecular weight excluding hydrogens is 371 g/mol. The molecule has 3 aromatic rings.